The van der Waals surface area contributed by atoms with Crippen LogP contribution in [0.15, 0.2) is 24.3 Å². The number of hydrogen-bond donors (Lipinski definition) is 1. The second-order valence-electron chi connectivity index (χ2n) is 7.01. The highest BCUT2D eigenvalue weighted by molar-refractivity contribution is 5.86. The third kappa shape index (κ3) is 3.12. The Morgan fingerprint density at radius 1 is 1.29 bits per heavy atom. The third-order valence-electron chi connectivity index (χ3n) is 5.60. The van der Waals surface area contributed by atoms with Gasteiger partial charge >= 0.3 is 5.97 Å². The number of rotatable bonds is 6. The third-order valence-corrected chi connectivity index (χ3v) is 5.60. The Kier molecular flexibility index (Phi) is 4.78. The predicted octanol–water partition coefficient (Wildman–Crippen LogP) is 2.87. The van der Waals surface area contributed by atoms with Crippen LogP contribution in [0.1, 0.15) is 44.1 Å². The SMILES string of the molecule is COc1ccccc1CC1CCCN1C(=O)CC1(C(=O)O)CCC1. The lowest BCUT2D eigenvalue weighted by molar-refractivity contribution is -0.159. The molecule has 1 unspecified atom stereocenters. The van der Waals surface area contributed by atoms with Crippen LogP contribution in [0.4, 0.5) is 0 Å². The van der Waals surface area contributed by atoms with Crippen molar-refractivity contribution in [3.8, 4) is 5.75 Å². The van der Waals surface area contributed by atoms with E-state index in [0.29, 0.717) is 12.8 Å². The number of benzene rings is 1. The first kappa shape index (κ1) is 16.8. The molecule has 0 aromatic heterocycles. The van der Waals surface area contributed by atoms with E-state index in [1.807, 2.05) is 29.2 Å². The molecule has 1 heterocycles. The molecule has 1 atom stereocenters. The van der Waals surface area contributed by atoms with Crippen molar-refractivity contribution in [2.24, 2.45) is 5.41 Å². The number of nitrogens with zero attached hydrogens (tertiary/aromatic N) is 1. The van der Waals surface area contributed by atoms with Crippen molar-refractivity contribution in [3.05, 3.63) is 29.8 Å². The zero-order valence-corrected chi connectivity index (χ0v) is 14.2. The van der Waals surface area contributed by atoms with Gasteiger partial charge in [0, 0.05) is 19.0 Å². The Hall–Kier alpha value is -2.04. The highest BCUT2D eigenvalue weighted by Crippen LogP contribution is 2.45. The van der Waals surface area contributed by atoms with E-state index in [4.69, 9.17) is 4.74 Å². The first-order chi connectivity index (χ1) is 11.6. The molecule has 1 aliphatic heterocycles. The van der Waals surface area contributed by atoms with Crippen LogP contribution in [0.3, 0.4) is 0 Å². The summed E-state index contributed by atoms with van der Waals surface area (Å²) in [5, 5.41) is 9.46. The summed E-state index contributed by atoms with van der Waals surface area (Å²) in [6, 6.07) is 8.02. The molecule has 2 fully saturated rings. The largest absolute Gasteiger partial charge is 0.496 e. The summed E-state index contributed by atoms with van der Waals surface area (Å²) >= 11 is 0. The highest BCUT2D eigenvalue weighted by atomic mass is 16.5. The summed E-state index contributed by atoms with van der Waals surface area (Å²) < 4.78 is 5.41. The molecule has 24 heavy (non-hydrogen) atoms. The van der Waals surface area contributed by atoms with Crippen molar-refractivity contribution in [1.29, 1.82) is 0 Å². The summed E-state index contributed by atoms with van der Waals surface area (Å²) in [6.45, 7) is 0.731. The maximum Gasteiger partial charge on any atom is 0.310 e. The average Bonchev–Trinajstić information content (AvgIpc) is 2.99. The van der Waals surface area contributed by atoms with E-state index in [0.717, 1.165) is 43.5 Å². The van der Waals surface area contributed by atoms with Crippen molar-refractivity contribution in [2.75, 3.05) is 13.7 Å². The van der Waals surface area contributed by atoms with Crippen molar-refractivity contribution in [1.82, 2.24) is 4.90 Å². The standard InChI is InChI=1S/C19H25NO4/c1-24-16-8-3-2-6-14(16)12-15-7-4-11-20(15)17(21)13-19(18(22)23)9-5-10-19/h2-3,6,8,15H,4-5,7,9-13H2,1H3,(H,22,23). The minimum Gasteiger partial charge on any atom is -0.496 e. The quantitative estimate of drug-likeness (QED) is 0.870. The van der Waals surface area contributed by atoms with Crippen LogP contribution < -0.4 is 4.74 Å². The van der Waals surface area contributed by atoms with E-state index in [-0.39, 0.29) is 18.4 Å². The van der Waals surface area contributed by atoms with Gasteiger partial charge in [-0.2, -0.15) is 0 Å². The summed E-state index contributed by atoms with van der Waals surface area (Å²) in [7, 11) is 1.66. The molecule has 0 radical (unpaired) electrons. The second-order valence-corrected chi connectivity index (χ2v) is 7.01. The Morgan fingerprint density at radius 2 is 2.04 bits per heavy atom. The van der Waals surface area contributed by atoms with Crippen LogP contribution in [0.2, 0.25) is 0 Å². The zero-order chi connectivity index (χ0) is 17.2. The number of aliphatic carboxylic acids is 1. The van der Waals surface area contributed by atoms with Crippen molar-refractivity contribution >= 4 is 11.9 Å². The fourth-order valence-corrected chi connectivity index (χ4v) is 3.96. The molecule has 5 nitrogen and oxygen atoms in total. The van der Waals surface area contributed by atoms with Gasteiger partial charge in [0.05, 0.1) is 12.5 Å². The minimum absolute atomic E-state index is 0.00509. The Bertz CT molecular complexity index is 624. The first-order valence-electron chi connectivity index (χ1n) is 8.70. The molecule has 5 heteroatoms. The van der Waals surface area contributed by atoms with Gasteiger partial charge in [-0.1, -0.05) is 24.6 Å². The van der Waals surface area contributed by atoms with E-state index >= 15 is 0 Å². The van der Waals surface area contributed by atoms with E-state index in [1.165, 1.54) is 0 Å². The lowest BCUT2D eigenvalue weighted by Gasteiger charge is -2.38. The van der Waals surface area contributed by atoms with Gasteiger partial charge in [-0.3, -0.25) is 9.59 Å². The molecule has 1 N–H and O–H groups in total. The summed E-state index contributed by atoms with van der Waals surface area (Å²) in [4.78, 5) is 26.2. The number of amides is 1. The van der Waals surface area contributed by atoms with Gasteiger partial charge in [0.15, 0.2) is 0 Å². The Balaban J connectivity index is 1.69. The van der Waals surface area contributed by atoms with Gasteiger partial charge in [0.1, 0.15) is 5.75 Å². The highest BCUT2D eigenvalue weighted by Gasteiger charge is 2.47. The number of hydrogen-bond acceptors (Lipinski definition) is 3. The molecular formula is C19H25NO4. The van der Waals surface area contributed by atoms with E-state index in [9.17, 15) is 14.7 Å². The van der Waals surface area contributed by atoms with Crippen LogP contribution >= 0.6 is 0 Å². The summed E-state index contributed by atoms with van der Waals surface area (Å²) in [5.74, 6) is 0.0230. The molecule has 3 rings (SSSR count). The van der Waals surface area contributed by atoms with Crippen molar-refractivity contribution in [3.63, 3.8) is 0 Å². The molecule has 1 aromatic carbocycles. The lowest BCUT2D eigenvalue weighted by Crippen LogP contribution is -2.45. The monoisotopic (exact) mass is 331 g/mol. The second kappa shape index (κ2) is 6.83. The smallest absolute Gasteiger partial charge is 0.310 e. The first-order valence-corrected chi connectivity index (χ1v) is 8.70. The number of para-hydroxylation sites is 1. The van der Waals surface area contributed by atoms with Gasteiger partial charge in [0.2, 0.25) is 5.91 Å². The molecule has 1 aliphatic carbocycles. The lowest BCUT2D eigenvalue weighted by atomic mass is 9.66. The maximum absolute atomic E-state index is 12.7. The van der Waals surface area contributed by atoms with Crippen LogP contribution in [0.5, 0.6) is 5.75 Å². The van der Waals surface area contributed by atoms with Crippen LogP contribution in [-0.2, 0) is 16.0 Å². The zero-order valence-electron chi connectivity index (χ0n) is 14.2. The number of carboxylic acid groups (broad SMARTS) is 1. The fraction of sp³-hybridized carbons (Fsp3) is 0.579. The van der Waals surface area contributed by atoms with Crippen LogP contribution in [0, 0.1) is 5.41 Å². The van der Waals surface area contributed by atoms with Crippen molar-refractivity contribution < 1.29 is 19.4 Å². The Labute approximate surface area is 142 Å². The molecule has 1 saturated heterocycles. The maximum atomic E-state index is 12.7. The predicted molar refractivity (Wildman–Crippen MR) is 90.0 cm³/mol. The molecule has 0 bridgehead atoms. The molecular weight excluding hydrogens is 306 g/mol. The minimum atomic E-state index is -0.817. The molecule has 1 aromatic rings. The molecule has 130 valence electrons. The molecule has 1 amide bonds. The Morgan fingerprint density at radius 3 is 2.67 bits per heavy atom. The molecule has 2 aliphatic rings. The molecule has 0 spiro atoms. The number of ether oxygens (including phenoxy) is 1. The summed E-state index contributed by atoms with van der Waals surface area (Å²) in [5.41, 5.74) is 0.288. The average molecular weight is 331 g/mol. The number of likely N-dealkylation sites (tertiary alicyclic amines) is 1. The van der Waals surface area contributed by atoms with Crippen LogP contribution in [-0.4, -0.2) is 41.6 Å². The number of carbonyl (C=O) groups is 2. The van der Waals surface area contributed by atoms with E-state index in [1.54, 1.807) is 7.11 Å². The van der Waals surface area contributed by atoms with Gasteiger partial charge < -0.3 is 14.7 Å². The molecule has 1 saturated carbocycles. The van der Waals surface area contributed by atoms with E-state index < -0.39 is 11.4 Å². The van der Waals surface area contributed by atoms with Gasteiger partial charge in [-0.25, -0.2) is 0 Å². The van der Waals surface area contributed by atoms with Gasteiger partial charge in [-0.15, -0.1) is 0 Å². The van der Waals surface area contributed by atoms with Crippen molar-refractivity contribution in [2.45, 2.75) is 51.0 Å². The number of carbonyl (C=O) groups excluding carboxylic acids is 1. The normalized spacial score (nSPS) is 22.0. The summed E-state index contributed by atoms with van der Waals surface area (Å²) in [6.07, 6.45) is 5.00. The van der Waals surface area contributed by atoms with Gasteiger partial charge in [0.25, 0.3) is 0 Å². The fourth-order valence-electron chi connectivity index (χ4n) is 3.96. The van der Waals surface area contributed by atoms with E-state index in [2.05, 4.69) is 0 Å². The van der Waals surface area contributed by atoms with Crippen LogP contribution in [0.25, 0.3) is 0 Å². The number of carboxylic acids is 1. The van der Waals surface area contributed by atoms with Gasteiger partial charge in [-0.05, 0) is 43.7 Å². The number of methoxy groups -OCH3 is 1. The topological polar surface area (TPSA) is 66.8 Å².